The second-order valence-corrected chi connectivity index (χ2v) is 17.3. The normalized spacial score (nSPS) is 13.4. The number of halogens is 4. The van der Waals surface area contributed by atoms with Crippen molar-refractivity contribution in [1.82, 2.24) is 10.8 Å². The molecule has 2 aliphatic heterocycles. The predicted molar refractivity (Wildman–Crippen MR) is 247 cm³/mol. The molecule has 0 radical (unpaired) electrons. The van der Waals surface area contributed by atoms with Gasteiger partial charge in [0.15, 0.2) is 28.8 Å². The third-order valence-electron chi connectivity index (χ3n) is 12.1. The van der Waals surface area contributed by atoms with E-state index >= 15 is 0 Å². The number of esters is 1. The number of amides is 1. The van der Waals surface area contributed by atoms with Gasteiger partial charge in [0.2, 0.25) is 17.5 Å². The number of nitrogens with zero attached hydrogens (tertiary/aromatic N) is 2. The number of carbonyl (C=O) groups excluding carboxylic acids is 4. The van der Waals surface area contributed by atoms with Gasteiger partial charge in [-0.1, -0.05) is 74.9 Å². The van der Waals surface area contributed by atoms with Crippen molar-refractivity contribution in [3.63, 3.8) is 0 Å². The molecule has 2 N–H and O–H groups in total. The summed E-state index contributed by atoms with van der Waals surface area (Å²) in [6, 6.07) is 24.2. The first-order valence-corrected chi connectivity index (χ1v) is 22.6. The van der Waals surface area contributed by atoms with Gasteiger partial charge in [-0.2, -0.15) is 14.3 Å². The number of ether oxygens (including phenoxy) is 3. The number of hydrogen-bond acceptors (Lipinski definition) is 11. The fraction of sp³-hybridized carbons (Fsp3) is 0.346. The molecule has 68 heavy (non-hydrogen) atoms. The van der Waals surface area contributed by atoms with Crippen molar-refractivity contribution in [2.24, 2.45) is 0 Å². The van der Waals surface area contributed by atoms with E-state index in [2.05, 4.69) is 10.8 Å². The molecule has 0 aromatic heterocycles. The first-order valence-electron chi connectivity index (χ1n) is 22.6. The van der Waals surface area contributed by atoms with Crippen molar-refractivity contribution < 1.29 is 55.8 Å². The van der Waals surface area contributed by atoms with E-state index in [-0.39, 0.29) is 35.9 Å². The second-order valence-electron chi connectivity index (χ2n) is 17.3. The fourth-order valence-electron chi connectivity index (χ4n) is 8.39. The van der Waals surface area contributed by atoms with Crippen molar-refractivity contribution >= 4 is 35.0 Å². The van der Waals surface area contributed by atoms with Gasteiger partial charge in [0.1, 0.15) is 18.1 Å². The highest BCUT2D eigenvalue weighted by Crippen LogP contribution is 2.57. The van der Waals surface area contributed by atoms with Crippen LogP contribution in [0.1, 0.15) is 101 Å². The summed E-state index contributed by atoms with van der Waals surface area (Å²) in [5, 5.41) is 2.68. The Kier molecular flexibility index (Phi) is 15.7. The lowest BCUT2D eigenvalue weighted by Crippen LogP contribution is -2.44. The Morgan fingerprint density at radius 2 is 1.26 bits per heavy atom. The number of fused-ring (bicyclic) bond motifs is 6. The highest BCUT2D eigenvalue weighted by Gasteiger charge is 2.54. The summed E-state index contributed by atoms with van der Waals surface area (Å²) in [4.78, 5) is 62.0. The third-order valence-corrected chi connectivity index (χ3v) is 12.1. The highest BCUT2D eigenvalue weighted by atomic mass is 19.2. The molecule has 2 heterocycles. The van der Waals surface area contributed by atoms with Crippen LogP contribution in [-0.2, 0) is 31.2 Å². The lowest BCUT2D eigenvalue weighted by molar-refractivity contribution is -0.129. The molecule has 2 aliphatic rings. The molecule has 1 amide bonds. The van der Waals surface area contributed by atoms with Gasteiger partial charge in [-0.3, -0.25) is 9.59 Å². The zero-order valence-corrected chi connectivity index (χ0v) is 38.4. The number of hydrogen-bond donors (Lipinski definition) is 2. The van der Waals surface area contributed by atoms with Crippen molar-refractivity contribution in [3.8, 4) is 17.2 Å². The molecule has 0 bridgehead atoms. The standard InChI is InChI=1S/C52H54F4N4O8/c1-59(2)34-20-23-38-44(28-34)66-45-29-35(60(3)4)21-24-39(45)52(38)37-22-19-33(27-36(37)51(64)67-52)50(63)68-57-25-15-10-8-6-5-7-9-14-18-46(62)58-42(26-32-16-12-11-13-17-32)43(61)31-65-49-47(55)40(53)30-41(54)48(49)56/h11-13,16-17,19-24,27-30,42,57H,5-10,14-15,18,25-26,31H2,1-4H3,(H,58,62)/t42-/m1/s1. The molecule has 5 aromatic rings. The minimum absolute atomic E-state index is 0.0428. The maximum atomic E-state index is 14.1. The Bertz CT molecular complexity index is 2580. The van der Waals surface area contributed by atoms with Gasteiger partial charge >= 0.3 is 11.9 Å². The number of ketones is 1. The smallest absolute Gasteiger partial charge is 0.356 e. The van der Waals surface area contributed by atoms with E-state index in [4.69, 9.17) is 19.0 Å². The van der Waals surface area contributed by atoms with Crippen LogP contribution in [0.3, 0.4) is 0 Å². The minimum Gasteiger partial charge on any atom is -0.479 e. The Morgan fingerprint density at radius 1 is 0.691 bits per heavy atom. The van der Waals surface area contributed by atoms with Crippen LogP contribution in [-0.4, -0.2) is 71.0 Å². The average molecular weight is 939 g/mol. The zero-order chi connectivity index (χ0) is 48.5. The van der Waals surface area contributed by atoms with Crippen LogP contribution in [0.2, 0.25) is 0 Å². The molecule has 0 fully saturated rings. The van der Waals surface area contributed by atoms with Gasteiger partial charge in [-0.05, 0) is 61.2 Å². The SMILES string of the molecule is CN(C)c1ccc2c(c1)Oc1cc(N(C)C)ccc1C21OC(=O)c2cc(C(=O)ONCCCCCCCCCCC(=O)N[C@H](Cc3ccccc3)C(=O)COc3c(F)c(F)cc(F)c3F)ccc21. The van der Waals surface area contributed by atoms with Crippen LogP contribution in [0, 0.1) is 23.3 Å². The van der Waals surface area contributed by atoms with Gasteiger partial charge in [-0.15, -0.1) is 0 Å². The minimum atomic E-state index is -1.76. The van der Waals surface area contributed by atoms with E-state index in [0.717, 1.165) is 56.3 Å². The summed E-state index contributed by atoms with van der Waals surface area (Å²) in [5.74, 6) is -9.39. The van der Waals surface area contributed by atoms with Crippen LogP contribution in [0.25, 0.3) is 0 Å². The lowest BCUT2D eigenvalue weighted by atomic mass is 9.77. The van der Waals surface area contributed by atoms with Crippen molar-refractivity contribution in [2.45, 2.75) is 75.9 Å². The van der Waals surface area contributed by atoms with Crippen LogP contribution >= 0.6 is 0 Å². The maximum absolute atomic E-state index is 14.1. The summed E-state index contributed by atoms with van der Waals surface area (Å²) in [7, 11) is 7.74. The average Bonchev–Trinajstić information content (AvgIpc) is 3.61. The number of benzene rings is 5. The van der Waals surface area contributed by atoms with Crippen LogP contribution < -0.4 is 30.1 Å². The number of hydroxylamine groups is 1. The summed E-state index contributed by atoms with van der Waals surface area (Å²) in [6.45, 7) is -0.489. The molecule has 7 rings (SSSR count). The van der Waals surface area contributed by atoms with E-state index in [0.29, 0.717) is 46.7 Å². The van der Waals surface area contributed by atoms with Gasteiger partial charge in [0.05, 0.1) is 17.2 Å². The van der Waals surface area contributed by atoms with Gasteiger partial charge in [0.25, 0.3) is 0 Å². The van der Waals surface area contributed by atoms with Crippen molar-refractivity contribution in [1.29, 1.82) is 0 Å². The number of unbranched alkanes of at least 4 members (excludes halogenated alkanes) is 7. The van der Waals surface area contributed by atoms with E-state index in [9.17, 15) is 36.7 Å². The highest BCUT2D eigenvalue weighted by molar-refractivity contribution is 6.00. The maximum Gasteiger partial charge on any atom is 0.356 e. The summed E-state index contributed by atoms with van der Waals surface area (Å²) in [6.07, 6.45) is 6.99. The quantitative estimate of drug-likeness (QED) is 0.0226. The second kappa shape index (κ2) is 21.8. The molecule has 0 saturated carbocycles. The van der Waals surface area contributed by atoms with E-state index in [1.165, 1.54) is 6.07 Å². The summed E-state index contributed by atoms with van der Waals surface area (Å²) in [5.41, 5.74) is 6.42. The number of anilines is 2. The number of nitrogens with one attached hydrogen (secondary N) is 2. The molecule has 12 nitrogen and oxygen atoms in total. The monoisotopic (exact) mass is 938 g/mol. The van der Waals surface area contributed by atoms with E-state index in [1.54, 1.807) is 42.5 Å². The molecular formula is C52H54F4N4O8. The Morgan fingerprint density at radius 3 is 1.87 bits per heavy atom. The summed E-state index contributed by atoms with van der Waals surface area (Å²) < 4.78 is 73.1. The molecular weight excluding hydrogens is 885 g/mol. The molecule has 0 saturated heterocycles. The predicted octanol–water partition coefficient (Wildman–Crippen LogP) is 9.49. The first kappa shape index (κ1) is 49.0. The number of Topliss-reactive ketones (excluding diaryl/α,β-unsaturated/α-hetero) is 1. The van der Waals surface area contributed by atoms with Gasteiger partial charge < -0.3 is 34.2 Å². The van der Waals surface area contributed by atoms with Gasteiger partial charge in [0, 0.05) is 87.4 Å². The van der Waals surface area contributed by atoms with Crippen LogP contribution in [0.4, 0.5) is 28.9 Å². The Balaban J connectivity index is 0.821. The Hall–Kier alpha value is -6.94. The van der Waals surface area contributed by atoms with Crippen LogP contribution in [0.5, 0.6) is 17.2 Å². The van der Waals surface area contributed by atoms with E-state index < -0.39 is 65.0 Å². The molecule has 1 atom stereocenters. The molecule has 1 spiro atoms. The van der Waals surface area contributed by atoms with Crippen LogP contribution in [0.15, 0.2) is 91.0 Å². The fourth-order valence-corrected chi connectivity index (χ4v) is 8.39. The lowest BCUT2D eigenvalue weighted by Gasteiger charge is -2.37. The molecule has 5 aromatic carbocycles. The van der Waals surface area contributed by atoms with Crippen molar-refractivity contribution in [3.05, 3.63) is 148 Å². The Labute approximate surface area is 392 Å². The third kappa shape index (κ3) is 10.9. The molecule has 358 valence electrons. The van der Waals surface area contributed by atoms with Crippen molar-refractivity contribution in [2.75, 3.05) is 51.1 Å². The number of rotatable bonds is 22. The largest absolute Gasteiger partial charge is 0.479 e. The first-order chi connectivity index (χ1) is 32.7. The topological polar surface area (TPSA) is 136 Å². The van der Waals surface area contributed by atoms with E-state index in [1.807, 2.05) is 74.4 Å². The molecule has 0 aliphatic carbocycles. The zero-order valence-electron chi connectivity index (χ0n) is 38.4. The number of carbonyl (C=O) groups is 4. The van der Waals surface area contributed by atoms with Gasteiger partial charge in [-0.25, -0.2) is 18.4 Å². The molecule has 0 unspecified atom stereocenters. The molecule has 16 heteroatoms. The summed E-state index contributed by atoms with van der Waals surface area (Å²) >= 11 is 0.